The number of hydrogen-bond donors (Lipinski definition) is 1. The van der Waals surface area contributed by atoms with Gasteiger partial charge in [-0.05, 0) is 48.9 Å². The standard InChI is InChI=1S/C19H24N2O5S/c1-5-21(27(23,24)16-9-7-15(25-3)8-10-16)13-19(22)20-17-12-14(2)6-11-18(17)26-4/h6-12H,5,13H2,1-4H3,(H,20,22). The Kier molecular flexibility index (Phi) is 6.81. The second kappa shape index (κ2) is 8.88. The van der Waals surface area contributed by atoms with E-state index in [-0.39, 0.29) is 18.0 Å². The highest BCUT2D eigenvalue weighted by molar-refractivity contribution is 7.89. The van der Waals surface area contributed by atoms with Crippen molar-refractivity contribution in [3.05, 3.63) is 48.0 Å². The number of anilines is 1. The number of amides is 1. The van der Waals surface area contributed by atoms with E-state index < -0.39 is 15.9 Å². The molecule has 0 aromatic heterocycles. The number of ether oxygens (including phenoxy) is 2. The molecule has 7 nitrogen and oxygen atoms in total. The highest BCUT2D eigenvalue weighted by atomic mass is 32.2. The van der Waals surface area contributed by atoms with E-state index in [9.17, 15) is 13.2 Å². The summed E-state index contributed by atoms with van der Waals surface area (Å²) in [5.41, 5.74) is 1.45. The summed E-state index contributed by atoms with van der Waals surface area (Å²) in [4.78, 5) is 12.5. The van der Waals surface area contributed by atoms with Crippen LogP contribution in [0.1, 0.15) is 12.5 Å². The van der Waals surface area contributed by atoms with Gasteiger partial charge in [-0.2, -0.15) is 4.31 Å². The number of carbonyl (C=O) groups excluding carboxylic acids is 1. The molecule has 0 aliphatic rings. The first-order valence-corrected chi connectivity index (χ1v) is 9.84. The van der Waals surface area contributed by atoms with Crippen LogP contribution >= 0.6 is 0 Å². The predicted octanol–water partition coefficient (Wildman–Crippen LogP) is 2.66. The Balaban J connectivity index is 2.17. The molecule has 0 aliphatic heterocycles. The number of aryl methyl sites for hydroxylation is 1. The molecule has 0 spiro atoms. The molecule has 2 rings (SSSR count). The molecule has 0 heterocycles. The first-order chi connectivity index (χ1) is 12.8. The highest BCUT2D eigenvalue weighted by Gasteiger charge is 2.25. The highest BCUT2D eigenvalue weighted by Crippen LogP contribution is 2.25. The zero-order valence-electron chi connectivity index (χ0n) is 15.9. The van der Waals surface area contributed by atoms with Crippen LogP contribution in [0.15, 0.2) is 47.4 Å². The van der Waals surface area contributed by atoms with Crippen molar-refractivity contribution in [2.24, 2.45) is 0 Å². The van der Waals surface area contributed by atoms with Crippen molar-refractivity contribution >= 4 is 21.6 Å². The molecule has 0 unspecified atom stereocenters. The Morgan fingerprint density at radius 2 is 1.74 bits per heavy atom. The predicted molar refractivity (Wildman–Crippen MR) is 104 cm³/mol. The third-order valence-electron chi connectivity index (χ3n) is 4.00. The topological polar surface area (TPSA) is 84.9 Å². The minimum atomic E-state index is -3.80. The van der Waals surface area contributed by atoms with Gasteiger partial charge in [-0.25, -0.2) is 8.42 Å². The molecule has 0 bridgehead atoms. The lowest BCUT2D eigenvalue weighted by atomic mass is 10.2. The number of nitrogens with one attached hydrogen (secondary N) is 1. The van der Waals surface area contributed by atoms with E-state index in [4.69, 9.17) is 9.47 Å². The molecule has 0 atom stereocenters. The molecule has 1 amide bonds. The zero-order valence-corrected chi connectivity index (χ0v) is 16.7. The zero-order chi connectivity index (χ0) is 20.0. The van der Waals surface area contributed by atoms with Crippen LogP contribution in [0.5, 0.6) is 11.5 Å². The van der Waals surface area contributed by atoms with Gasteiger partial charge in [0.25, 0.3) is 0 Å². The van der Waals surface area contributed by atoms with Gasteiger partial charge in [-0.3, -0.25) is 4.79 Å². The van der Waals surface area contributed by atoms with Gasteiger partial charge in [-0.1, -0.05) is 13.0 Å². The fourth-order valence-electron chi connectivity index (χ4n) is 2.53. The van der Waals surface area contributed by atoms with Crippen LogP contribution in [0.4, 0.5) is 5.69 Å². The summed E-state index contributed by atoms with van der Waals surface area (Å²) in [6.07, 6.45) is 0. The van der Waals surface area contributed by atoms with Crippen LogP contribution in [-0.4, -0.2) is 45.9 Å². The van der Waals surface area contributed by atoms with Crippen LogP contribution in [0.25, 0.3) is 0 Å². The van der Waals surface area contributed by atoms with E-state index in [1.165, 1.54) is 26.4 Å². The molecular formula is C19H24N2O5S. The lowest BCUT2D eigenvalue weighted by Crippen LogP contribution is -2.37. The van der Waals surface area contributed by atoms with E-state index in [1.54, 1.807) is 31.2 Å². The van der Waals surface area contributed by atoms with Gasteiger partial charge in [0.2, 0.25) is 15.9 Å². The van der Waals surface area contributed by atoms with Crippen molar-refractivity contribution in [1.29, 1.82) is 0 Å². The number of carbonyl (C=O) groups is 1. The monoisotopic (exact) mass is 392 g/mol. The lowest BCUT2D eigenvalue weighted by Gasteiger charge is -2.20. The van der Waals surface area contributed by atoms with E-state index in [0.29, 0.717) is 17.2 Å². The Morgan fingerprint density at radius 1 is 1.07 bits per heavy atom. The van der Waals surface area contributed by atoms with Crippen molar-refractivity contribution in [3.63, 3.8) is 0 Å². The summed E-state index contributed by atoms with van der Waals surface area (Å²) in [6, 6.07) is 11.4. The molecule has 2 aromatic carbocycles. The number of likely N-dealkylation sites (N-methyl/N-ethyl adjacent to an activating group) is 1. The second-order valence-electron chi connectivity index (χ2n) is 5.86. The number of sulfonamides is 1. The molecule has 0 saturated heterocycles. The summed E-state index contributed by atoms with van der Waals surface area (Å²) < 4.78 is 37.0. The fourth-order valence-corrected chi connectivity index (χ4v) is 3.94. The molecule has 2 aromatic rings. The molecule has 146 valence electrons. The van der Waals surface area contributed by atoms with Crippen molar-refractivity contribution in [2.75, 3.05) is 32.6 Å². The minimum Gasteiger partial charge on any atom is -0.497 e. The summed E-state index contributed by atoms with van der Waals surface area (Å²) in [6.45, 7) is 3.43. The molecular weight excluding hydrogens is 368 g/mol. The van der Waals surface area contributed by atoms with Gasteiger partial charge in [0.05, 0.1) is 31.3 Å². The molecule has 0 aliphatic carbocycles. The van der Waals surface area contributed by atoms with Crippen LogP contribution < -0.4 is 14.8 Å². The first-order valence-electron chi connectivity index (χ1n) is 8.40. The largest absolute Gasteiger partial charge is 0.497 e. The van der Waals surface area contributed by atoms with Gasteiger partial charge < -0.3 is 14.8 Å². The average Bonchev–Trinajstić information content (AvgIpc) is 2.66. The van der Waals surface area contributed by atoms with Crippen molar-refractivity contribution in [1.82, 2.24) is 4.31 Å². The van der Waals surface area contributed by atoms with Gasteiger partial charge in [-0.15, -0.1) is 0 Å². The molecule has 0 saturated carbocycles. The minimum absolute atomic E-state index is 0.103. The Labute approximate surface area is 160 Å². The molecule has 0 radical (unpaired) electrons. The second-order valence-corrected chi connectivity index (χ2v) is 7.80. The summed E-state index contributed by atoms with van der Waals surface area (Å²) in [7, 11) is -0.789. The fraction of sp³-hybridized carbons (Fsp3) is 0.316. The Hall–Kier alpha value is -2.58. The normalized spacial score (nSPS) is 11.3. The van der Waals surface area contributed by atoms with E-state index in [2.05, 4.69) is 5.32 Å². The molecule has 1 N–H and O–H groups in total. The number of hydrogen-bond acceptors (Lipinski definition) is 5. The maximum absolute atomic E-state index is 12.8. The van der Waals surface area contributed by atoms with Crippen LogP contribution in [0.3, 0.4) is 0 Å². The average molecular weight is 392 g/mol. The third-order valence-corrected chi connectivity index (χ3v) is 5.93. The van der Waals surface area contributed by atoms with Crippen LogP contribution in [-0.2, 0) is 14.8 Å². The number of nitrogens with zero attached hydrogens (tertiary/aromatic N) is 1. The molecule has 0 fully saturated rings. The van der Waals surface area contributed by atoms with Crippen molar-refractivity contribution < 1.29 is 22.7 Å². The number of rotatable bonds is 8. The summed E-state index contributed by atoms with van der Waals surface area (Å²) in [5.74, 6) is 0.620. The third kappa shape index (κ3) is 4.99. The number of benzene rings is 2. The van der Waals surface area contributed by atoms with Crippen LogP contribution in [0, 0.1) is 6.92 Å². The smallest absolute Gasteiger partial charge is 0.243 e. The maximum atomic E-state index is 12.8. The summed E-state index contributed by atoms with van der Waals surface area (Å²) in [5, 5.41) is 2.72. The van der Waals surface area contributed by atoms with E-state index >= 15 is 0 Å². The Morgan fingerprint density at radius 3 is 2.30 bits per heavy atom. The van der Waals surface area contributed by atoms with Crippen molar-refractivity contribution in [3.8, 4) is 11.5 Å². The van der Waals surface area contributed by atoms with Crippen LogP contribution in [0.2, 0.25) is 0 Å². The van der Waals surface area contributed by atoms with E-state index in [1.807, 2.05) is 13.0 Å². The van der Waals surface area contributed by atoms with Crippen molar-refractivity contribution in [2.45, 2.75) is 18.7 Å². The van der Waals surface area contributed by atoms with E-state index in [0.717, 1.165) is 9.87 Å². The van der Waals surface area contributed by atoms with Gasteiger partial charge in [0.1, 0.15) is 11.5 Å². The molecule has 27 heavy (non-hydrogen) atoms. The van der Waals surface area contributed by atoms with Gasteiger partial charge in [0, 0.05) is 6.54 Å². The SMILES string of the molecule is CCN(CC(=O)Nc1cc(C)ccc1OC)S(=O)(=O)c1ccc(OC)cc1. The first kappa shape index (κ1) is 20.7. The summed E-state index contributed by atoms with van der Waals surface area (Å²) >= 11 is 0. The Bertz CT molecular complexity index is 895. The van der Waals surface area contributed by atoms with Gasteiger partial charge in [0.15, 0.2) is 0 Å². The maximum Gasteiger partial charge on any atom is 0.243 e. The number of methoxy groups -OCH3 is 2. The lowest BCUT2D eigenvalue weighted by molar-refractivity contribution is -0.116. The van der Waals surface area contributed by atoms with Gasteiger partial charge >= 0.3 is 0 Å². The molecule has 8 heteroatoms. The quantitative estimate of drug-likeness (QED) is 0.747.